The molecule has 1 saturated heterocycles. The van der Waals surface area contributed by atoms with Crippen LogP contribution in [0.1, 0.15) is 22.5 Å². The fourth-order valence-corrected chi connectivity index (χ4v) is 6.60. The number of hydrogen-bond acceptors (Lipinski definition) is 10. The fourth-order valence-electron chi connectivity index (χ4n) is 2.94. The smallest absolute Gasteiger partial charge is 0.338 e. The summed E-state index contributed by atoms with van der Waals surface area (Å²) in [5, 5.41) is 13.3. The number of esters is 1. The maximum Gasteiger partial charge on any atom is 0.338 e. The maximum absolute atomic E-state index is 12.3. The van der Waals surface area contributed by atoms with Crippen LogP contribution in [0.2, 0.25) is 0 Å². The minimum atomic E-state index is -3.16. The van der Waals surface area contributed by atoms with Crippen LogP contribution in [0.15, 0.2) is 32.8 Å². The Morgan fingerprint density at radius 3 is 2.74 bits per heavy atom. The van der Waals surface area contributed by atoms with Gasteiger partial charge in [-0.15, -0.1) is 11.3 Å². The number of nitrogens with zero attached hydrogens (tertiary/aromatic N) is 3. The van der Waals surface area contributed by atoms with Crippen molar-refractivity contribution in [2.24, 2.45) is 0 Å². The molecule has 0 unspecified atom stereocenters. The standard InChI is InChI=1S/C18H19N3O7S3/c1-11-9-29-18(19-11)30-15-4-3-12(7-14(15)21(24)25)17(23)28-8-16(22)20(2)13-5-6-31(26,27)10-13/h3-4,7,9,13H,5-6,8,10H2,1-2H3/t13-/m1/s1. The van der Waals surface area contributed by atoms with Gasteiger partial charge in [-0.3, -0.25) is 14.9 Å². The molecule has 0 aliphatic carbocycles. The number of nitro benzene ring substituents is 1. The topological polar surface area (TPSA) is 137 Å². The molecular weight excluding hydrogens is 466 g/mol. The summed E-state index contributed by atoms with van der Waals surface area (Å²) in [4.78, 5) is 41.3. The van der Waals surface area contributed by atoms with Crippen molar-refractivity contribution in [3.05, 3.63) is 45.0 Å². The number of sulfone groups is 1. The van der Waals surface area contributed by atoms with Crippen LogP contribution in [0.25, 0.3) is 0 Å². The van der Waals surface area contributed by atoms with Crippen LogP contribution in [0.4, 0.5) is 5.69 Å². The maximum atomic E-state index is 12.3. The van der Waals surface area contributed by atoms with Gasteiger partial charge in [0.25, 0.3) is 11.6 Å². The monoisotopic (exact) mass is 485 g/mol. The third kappa shape index (κ3) is 5.80. The summed E-state index contributed by atoms with van der Waals surface area (Å²) in [7, 11) is -1.70. The predicted octanol–water partition coefficient (Wildman–Crippen LogP) is 2.31. The van der Waals surface area contributed by atoms with E-state index in [0.29, 0.717) is 15.7 Å². The number of benzene rings is 1. The molecule has 0 radical (unpaired) electrons. The van der Waals surface area contributed by atoms with Gasteiger partial charge in [0.2, 0.25) is 0 Å². The Hall–Kier alpha value is -2.51. The Balaban J connectivity index is 1.65. The highest BCUT2D eigenvalue weighted by atomic mass is 32.2. The van der Waals surface area contributed by atoms with E-state index in [4.69, 9.17) is 4.74 Å². The van der Waals surface area contributed by atoms with E-state index in [1.54, 1.807) is 0 Å². The van der Waals surface area contributed by atoms with Crippen molar-refractivity contribution in [2.45, 2.75) is 28.6 Å². The van der Waals surface area contributed by atoms with Crippen molar-refractivity contribution in [3.63, 3.8) is 0 Å². The zero-order valence-corrected chi connectivity index (χ0v) is 19.1. The average molecular weight is 486 g/mol. The number of carbonyl (C=O) groups is 2. The number of hydrogen-bond donors (Lipinski definition) is 0. The second-order valence-electron chi connectivity index (χ2n) is 6.93. The van der Waals surface area contributed by atoms with Gasteiger partial charge in [-0.25, -0.2) is 18.2 Å². The first-order chi connectivity index (χ1) is 14.6. The highest BCUT2D eigenvalue weighted by Gasteiger charge is 2.33. The molecule has 1 aromatic carbocycles. The molecule has 1 fully saturated rings. The number of ether oxygens (including phenoxy) is 1. The third-order valence-corrected chi connectivity index (χ3v) is 8.53. The number of aryl methyl sites for hydroxylation is 1. The Morgan fingerprint density at radius 1 is 1.42 bits per heavy atom. The molecule has 166 valence electrons. The first-order valence-corrected chi connectivity index (χ1v) is 12.6. The molecule has 31 heavy (non-hydrogen) atoms. The SMILES string of the molecule is Cc1csc(Sc2ccc(C(=O)OCC(=O)N(C)[C@@H]3CCS(=O)(=O)C3)cc2[N+](=O)[O-])n1. The van der Waals surface area contributed by atoms with E-state index in [0.717, 1.165) is 23.5 Å². The molecule has 1 aliphatic rings. The van der Waals surface area contributed by atoms with Gasteiger partial charge in [0.15, 0.2) is 20.8 Å². The number of nitro groups is 1. The van der Waals surface area contributed by atoms with Crippen molar-refractivity contribution in [1.82, 2.24) is 9.88 Å². The second kappa shape index (κ2) is 9.32. The molecule has 0 bridgehead atoms. The van der Waals surface area contributed by atoms with Crippen molar-refractivity contribution < 1.29 is 27.7 Å². The molecule has 0 spiro atoms. The average Bonchev–Trinajstić information content (AvgIpc) is 3.29. The van der Waals surface area contributed by atoms with Crippen molar-refractivity contribution in [2.75, 3.05) is 25.2 Å². The first kappa shape index (κ1) is 23.2. The van der Waals surface area contributed by atoms with Gasteiger partial charge in [-0.1, -0.05) is 11.8 Å². The molecular formula is C18H19N3O7S3. The van der Waals surface area contributed by atoms with E-state index in [9.17, 15) is 28.1 Å². The van der Waals surface area contributed by atoms with Crippen LogP contribution < -0.4 is 0 Å². The number of amides is 1. The Bertz CT molecular complexity index is 1130. The molecule has 13 heteroatoms. The summed E-state index contributed by atoms with van der Waals surface area (Å²) in [6.45, 7) is 1.23. The van der Waals surface area contributed by atoms with Crippen molar-refractivity contribution in [1.29, 1.82) is 0 Å². The fraction of sp³-hybridized carbons (Fsp3) is 0.389. The minimum absolute atomic E-state index is 0.0175. The first-order valence-electron chi connectivity index (χ1n) is 9.07. The largest absolute Gasteiger partial charge is 0.452 e. The third-order valence-electron chi connectivity index (χ3n) is 4.66. The molecule has 1 atom stereocenters. The summed E-state index contributed by atoms with van der Waals surface area (Å²) in [6, 6.07) is 3.47. The van der Waals surface area contributed by atoms with Crippen LogP contribution in [-0.4, -0.2) is 66.3 Å². The highest BCUT2D eigenvalue weighted by Crippen LogP contribution is 2.36. The summed E-state index contributed by atoms with van der Waals surface area (Å²) in [6.07, 6.45) is 0.336. The van der Waals surface area contributed by atoms with Gasteiger partial charge >= 0.3 is 5.97 Å². The van der Waals surface area contributed by atoms with E-state index >= 15 is 0 Å². The molecule has 1 aromatic heterocycles. The highest BCUT2D eigenvalue weighted by molar-refractivity contribution is 8.01. The lowest BCUT2D eigenvalue weighted by molar-refractivity contribution is -0.387. The molecule has 0 saturated carbocycles. The van der Waals surface area contributed by atoms with Gasteiger partial charge in [0.05, 0.1) is 26.9 Å². The predicted molar refractivity (Wildman–Crippen MR) is 114 cm³/mol. The van der Waals surface area contributed by atoms with E-state index in [1.807, 2.05) is 12.3 Å². The molecule has 10 nitrogen and oxygen atoms in total. The summed E-state index contributed by atoms with van der Waals surface area (Å²) < 4.78 is 28.8. The lowest BCUT2D eigenvalue weighted by atomic mass is 10.2. The minimum Gasteiger partial charge on any atom is -0.452 e. The zero-order valence-electron chi connectivity index (χ0n) is 16.6. The van der Waals surface area contributed by atoms with Gasteiger partial charge < -0.3 is 9.64 Å². The molecule has 0 N–H and O–H groups in total. The van der Waals surface area contributed by atoms with E-state index < -0.39 is 39.3 Å². The zero-order chi connectivity index (χ0) is 22.8. The normalized spacial score (nSPS) is 17.3. The van der Waals surface area contributed by atoms with E-state index in [2.05, 4.69) is 4.98 Å². The lowest BCUT2D eigenvalue weighted by Gasteiger charge is -2.23. The van der Waals surface area contributed by atoms with E-state index in [1.165, 1.54) is 35.4 Å². The molecule has 1 aliphatic heterocycles. The Labute approximate surface area is 186 Å². The van der Waals surface area contributed by atoms with Gasteiger partial charge in [0.1, 0.15) is 0 Å². The number of aromatic nitrogens is 1. The Morgan fingerprint density at radius 2 is 2.16 bits per heavy atom. The molecule has 2 heterocycles. The number of rotatable bonds is 7. The van der Waals surface area contributed by atoms with Crippen molar-refractivity contribution >= 4 is 50.5 Å². The van der Waals surface area contributed by atoms with Crippen LogP contribution in [0.3, 0.4) is 0 Å². The lowest BCUT2D eigenvalue weighted by Crippen LogP contribution is -2.40. The van der Waals surface area contributed by atoms with Crippen LogP contribution in [0.5, 0.6) is 0 Å². The van der Waals surface area contributed by atoms with Crippen molar-refractivity contribution in [3.8, 4) is 0 Å². The molecule has 1 amide bonds. The summed E-state index contributed by atoms with van der Waals surface area (Å²) in [5.41, 5.74) is 0.470. The summed E-state index contributed by atoms with van der Waals surface area (Å²) in [5.74, 6) is -1.53. The summed E-state index contributed by atoms with van der Waals surface area (Å²) >= 11 is 2.48. The molecule has 3 rings (SSSR count). The number of thiazole rings is 1. The van der Waals surface area contributed by atoms with Gasteiger partial charge in [-0.05, 0) is 25.5 Å². The number of carbonyl (C=O) groups excluding carboxylic acids is 2. The van der Waals surface area contributed by atoms with Crippen LogP contribution in [-0.2, 0) is 19.4 Å². The van der Waals surface area contributed by atoms with Crippen LogP contribution in [0, 0.1) is 17.0 Å². The van der Waals surface area contributed by atoms with E-state index in [-0.39, 0.29) is 22.8 Å². The quantitative estimate of drug-likeness (QED) is 0.328. The Kier molecular flexibility index (Phi) is 6.96. The molecule has 2 aromatic rings. The van der Waals surface area contributed by atoms with Gasteiger partial charge in [-0.2, -0.15) is 0 Å². The van der Waals surface area contributed by atoms with Crippen LogP contribution >= 0.6 is 23.1 Å². The van der Waals surface area contributed by atoms with Gasteiger partial charge in [0, 0.05) is 30.2 Å². The number of likely N-dealkylation sites (N-methyl/N-ethyl adjacent to an activating group) is 1. The second-order valence-corrected chi connectivity index (χ2v) is 11.3.